The van der Waals surface area contributed by atoms with E-state index in [1.807, 2.05) is 0 Å². The number of aromatic nitrogens is 2. The fourth-order valence-electron chi connectivity index (χ4n) is 6.45. The lowest BCUT2D eigenvalue weighted by Gasteiger charge is -2.39. The van der Waals surface area contributed by atoms with Crippen molar-refractivity contribution in [2.45, 2.75) is 124 Å². The third-order valence-electron chi connectivity index (χ3n) is 8.85. The molecule has 0 aromatic carbocycles. The topological polar surface area (TPSA) is 55.2 Å². The summed E-state index contributed by atoms with van der Waals surface area (Å²) in [5.41, 5.74) is 3.73. The van der Waals surface area contributed by atoms with E-state index in [1.165, 1.54) is 12.5 Å². The van der Waals surface area contributed by atoms with Gasteiger partial charge in [-0.15, -0.1) is 0 Å². The van der Waals surface area contributed by atoms with Crippen molar-refractivity contribution in [3.8, 4) is 0 Å². The van der Waals surface area contributed by atoms with Gasteiger partial charge in [-0.2, -0.15) is 13.2 Å². The molecule has 3 aliphatic rings. The van der Waals surface area contributed by atoms with E-state index in [9.17, 15) is 18.3 Å². The molecule has 0 saturated heterocycles. The van der Waals surface area contributed by atoms with Gasteiger partial charge in [-0.05, 0) is 73.0 Å². The zero-order valence-corrected chi connectivity index (χ0v) is 24.7. The quantitative estimate of drug-likeness (QED) is 0.418. The molecule has 5 rings (SSSR count). The highest BCUT2D eigenvalue weighted by Crippen LogP contribution is 2.61. The smallest absolute Gasteiger partial charge is 0.388 e. The summed E-state index contributed by atoms with van der Waals surface area (Å²) in [7, 11) is 0. The van der Waals surface area contributed by atoms with Crippen LogP contribution in [0.1, 0.15) is 145 Å². The average Bonchev–Trinajstić information content (AvgIpc) is 3.38. The number of pyridine rings is 2. The summed E-state index contributed by atoms with van der Waals surface area (Å²) in [6, 6.07) is 2.51. The van der Waals surface area contributed by atoms with Gasteiger partial charge in [0.1, 0.15) is 6.10 Å². The Kier molecular flexibility index (Phi) is 8.28. The van der Waals surface area contributed by atoms with Crippen molar-refractivity contribution in [2.24, 2.45) is 17.3 Å². The van der Waals surface area contributed by atoms with Crippen LogP contribution in [0.2, 0.25) is 0 Å². The van der Waals surface area contributed by atoms with Crippen molar-refractivity contribution < 1.29 is 23.0 Å². The van der Waals surface area contributed by atoms with Gasteiger partial charge in [0, 0.05) is 28.7 Å². The number of hydrogen-bond donors (Lipinski definition) is 1. The van der Waals surface area contributed by atoms with Crippen LogP contribution in [0.5, 0.6) is 0 Å². The Bertz CT molecular complexity index is 1170. The van der Waals surface area contributed by atoms with E-state index >= 15 is 0 Å². The van der Waals surface area contributed by atoms with Crippen molar-refractivity contribution >= 4 is 0 Å². The number of alkyl halides is 3. The van der Waals surface area contributed by atoms with E-state index in [4.69, 9.17) is 9.72 Å². The van der Waals surface area contributed by atoms with Crippen LogP contribution in [0.25, 0.3) is 0 Å². The Balaban J connectivity index is 0.000000648. The molecular formula is C32H45F3N2O2. The Morgan fingerprint density at radius 3 is 2.28 bits per heavy atom. The van der Waals surface area contributed by atoms with Crippen LogP contribution in [0.15, 0.2) is 18.3 Å². The molecule has 0 bridgehead atoms. The molecular weight excluding hydrogens is 501 g/mol. The summed E-state index contributed by atoms with van der Waals surface area (Å²) in [5, 5.41) is 11.4. The highest BCUT2D eigenvalue weighted by atomic mass is 19.4. The van der Waals surface area contributed by atoms with E-state index in [0.717, 1.165) is 71.9 Å². The molecule has 3 heterocycles. The lowest BCUT2D eigenvalue weighted by Crippen LogP contribution is -2.34. The number of halogens is 3. The van der Waals surface area contributed by atoms with Gasteiger partial charge >= 0.3 is 6.18 Å². The van der Waals surface area contributed by atoms with Crippen LogP contribution < -0.4 is 0 Å². The molecule has 1 saturated carbocycles. The number of hydrogen-bond acceptors (Lipinski definition) is 4. The highest BCUT2D eigenvalue weighted by Gasteiger charge is 2.56. The first-order chi connectivity index (χ1) is 18.1. The predicted molar refractivity (Wildman–Crippen MR) is 147 cm³/mol. The monoisotopic (exact) mass is 546 g/mol. The molecule has 1 spiro atoms. The van der Waals surface area contributed by atoms with Gasteiger partial charge in [0.05, 0.1) is 23.0 Å². The standard InChI is InChI=1S/C27H33F3N2O2.C5H12/c1-14(2)23-21-22(20-18(32-23)11-25(4,5)12-19(20)33)26(10-6-7-15(26)3)34-24(21)17-9-8-16(13-31-17)27(28,29)30;1-4-5(2)3/h8-9,13-15,19,24,33H,6-7,10-12H2,1-5H3;5H,4H2,1-3H3. The molecule has 4 unspecified atom stereocenters. The van der Waals surface area contributed by atoms with Gasteiger partial charge in [0.15, 0.2) is 0 Å². The van der Waals surface area contributed by atoms with Crippen LogP contribution in [0.3, 0.4) is 0 Å². The summed E-state index contributed by atoms with van der Waals surface area (Å²) < 4.78 is 46.4. The molecule has 2 aliphatic carbocycles. The summed E-state index contributed by atoms with van der Waals surface area (Å²) in [4.78, 5) is 9.32. The van der Waals surface area contributed by atoms with Gasteiger partial charge in [0.25, 0.3) is 0 Å². The van der Waals surface area contributed by atoms with Crippen molar-refractivity contribution in [3.63, 3.8) is 0 Å². The molecule has 39 heavy (non-hydrogen) atoms. The minimum atomic E-state index is -4.44. The van der Waals surface area contributed by atoms with Crippen LogP contribution in [0, 0.1) is 17.3 Å². The van der Waals surface area contributed by atoms with E-state index in [1.54, 1.807) is 0 Å². The molecule has 1 aliphatic heterocycles. The molecule has 4 nitrogen and oxygen atoms in total. The Labute approximate surface area is 231 Å². The SMILES string of the molecule is CC(C)c1nc2c(c3c1C(c1ccc(C(F)(F)F)cn1)OC31CCCC1C)C(O)CC(C)(C)C2.CCC(C)C. The number of aliphatic hydroxyl groups is 1. The normalized spacial score (nSPS) is 27.5. The van der Waals surface area contributed by atoms with Crippen LogP contribution in [-0.2, 0) is 22.9 Å². The van der Waals surface area contributed by atoms with Crippen molar-refractivity contribution in [1.82, 2.24) is 9.97 Å². The second-order valence-corrected chi connectivity index (χ2v) is 13.3. The highest BCUT2D eigenvalue weighted by molar-refractivity contribution is 5.54. The van der Waals surface area contributed by atoms with Crippen LogP contribution in [-0.4, -0.2) is 15.1 Å². The lowest BCUT2D eigenvalue weighted by atomic mass is 9.69. The zero-order chi connectivity index (χ0) is 28.9. The number of rotatable bonds is 3. The molecule has 0 amide bonds. The van der Waals surface area contributed by atoms with Gasteiger partial charge < -0.3 is 9.84 Å². The third-order valence-corrected chi connectivity index (χ3v) is 8.85. The Morgan fingerprint density at radius 2 is 1.79 bits per heavy atom. The Hall–Kier alpha value is -1.99. The predicted octanol–water partition coefficient (Wildman–Crippen LogP) is 8.81. The molecule has 216 valence electrons. The van der Waals surface area contributed by atoms with Gasteiger partial charge in [-0.3, -0.25) is 9.97 Å². The van der Waals surface area contributed by atoms with E-state index < -0.39 is 29.5 Å². The van der Waals surface area contributed by atoms with Crippen LogP contribution in [0.4, 0.5) is 13.2 Å². The second-order valence-electron chi connectivity index (χ2n) is 13.3. The number of nitrogens with zero attached hydrogens (tertiary/aromatic N) is 2. The van der Waals surface area contributed by atoms with Crippen molar-refractivity contribution in [2.75, 3.05) is 0 Å². The van der Waals surface area contributed by atoms with Crippen LogP contribution >= 0.6 is 0 Å². The molecule has 1 N–H and O–H groups in total. The summed E-state index contributed by atoms with van der Waals surface area (Å²) in [6.45, 7) is 17.3. The zero-order valence-electron chi connectivity index (χ0n) is 24.7. The van der Waals surface area contributed by atoms with E-state index in [-0.39, 0.29) is 17.3 Å². The van der Waals surface area contributed by atoms with Crippen molar-refractivity contribution in [3.05, 3.63) is 57.7 Å². The fraction of sp³-hybridized carbons (Fsp3) is 0.688. The largest absolute Gasteiger partial charge is 0.417 e. The maximum atomic E-state index is 13.2. The summed E-state index contributed by atoms with van der Waals surface area (Å²) in [5.74, 6) is 1.20. The Morgan fingerprint density at radius 1 is 1.13 bits per heavy atom. The molecule has 0 radical (unpaired) electrons. The molecule has 2 aromatic heterocycles. The second kappa shape index (κ2) is 10.8. The first-order valence-electron chi connectivity index (χ1n) is 14.6. The maximum Gasteiger partial charge on any atom is 0.417 e. The van der Waals surface area contributed by atoms with E-state index in [0.29, 0.717) is 12.1 Å². The molecule has 1 fully saturated rings. The van der Waals surface area contributed by atoms with Gasteiger partial charge in [0.2, 0.25) is 0 Å². The third kappa shape index (κ3) is 5.63. The molecule has 2 aromatic rings. The first-order valence-corrected chi connectivity index (χ1v) is 14.6. The minimum Gasteiger partial charge on any atom is -0.388 e. The van der Waals surface area contributed by atoms with Gasteiger partial charge in [-0.1, -0.05) is 61.8 Å². The first kappa shape index (κ1) is 30.0. The van der Waals surface area contributed by atoms with Crippen molar-refractivity contribution in [1.29, 1.82) is 0 Å². The molecule has 7 heteroatoms. The number of aliphatic hydroxyl groups excluding tert-OH is 1. The maximum absolute atomic E-state index is 13.2. The lowest BCUT2D eigenvalue weighted by molar-refractivity contribution is -0.137. The average molecular weight is 547 g/mol. The fourth-order valence-corrected chi connectivity index (χ4v) is 6.45. The summed E-state index contributed by atoms with van der Waals surface area (Å²) in [6.07, 6.45) is 0.752. The molecule has 4 atom stereocenters. The summed E-state index contributed by atoms with van der Waals surface area (Å²) >= 11 is 0. The van der Waals surface area contributed by atoms with Gasteiger partial charge in [-0.25, -0.2) is 0 Å². The van der Waals surface area contributed by atoms with E-state index in [2.05, 4.69) is 60.4 Å². The minimum absolute atomic E-state index is 0.0653. The number of fused-ring (bicyclic) bond motifs is 4. The number of ether oxygens (including phenoxy) is 1.